The molecule has 0 spiro atoms. The Kier molecular flexibility index (Phi) is 8.17. The first kappa shape index (κ1) is 24.0. The molecule has 3 N–H and O–H groups in total. The van der Waals surface area contributed by atoms with Crippen molar-refractivity contribution in [2.24, 2.45) is 0 Å². The summed E-state index contributed by atoms with van der Waals surface area (Å²) in [5.74, 6) is -3.56. The van der Waals surface area contributed by atoms with E-state index in [9.17, 15) is 9.90 Å². The lowest BCUT2D eigenvalue weighted by atomic mass is 10.2. The summed E-state index contributed by atoms with van der Waals surface area (Å²) >= 11 is 0. The first-order valence-corrected chi connectivity index (χ1v) is 10.6. The molecule has 4 rings (SSSR count). The number of carboxylic acids is 2. The predicted octanol–water partition coefficient (Wildman–Crippen LogP) is 1.62. The number of rotatable bonds is 5. The number of hydrogen-bond donors (Lipinski definition) is 3. The van der Waals surface area contributed by atoms with Crippen LogP contribution in [0.2, 0.25) is 0 Å². The summed E-state index contributed by atoms with van der Waals surface area (Å²) in [5.41, 5.74) is 1.89. The van der Waals surface area contributed by atoms with Gasteiger partial charge in [0.05, 0.1) is 6.10 Å². The monoisotopic (exact) mass is 453 g/mol. The third-order valence-corrected chi connectivity index (χ3v) is 5.42. The van der Waals surface area contributed by atoms with Gasteiger partial charge in [0.15, 0.2) is 0 Å². The zero-order valence-corrected chi connectivity index (χ0v) is 18.1. The van der Waals surface area contributed by atoms with Crippen LogP contribution in [0.1, 0.15) is 10.4 Å². The van der Waals surface area contributed by atoms with Crippen LogP contribution < -0.4 is 0 Å². The van der Waals surface area contributed by atoms with Gasteiger partial charge in [-0.05, 0) is 29.7 Å². The summed E-state index contributed by atoms with van der Waals surface area (Å²) in [6.07, 6.45) is 1.60. The number of carboxylic acid groups (broad SMARTS) is 2. The molecule has 174 valence electrons. The molecule has 1 aliphatic rings. The number of hydrogen-bond acceptors (Lipinski definition) is 5. The quantitative estimate of drug-likeness (QED) is 0.502. The highest BCUT2D eigenvalue weighted by Crippen LogP contribution is 2.16. The molecule has 0 bridgehead atoms. The zero-order valence-electron chi connectivity index (χ0n) is 18.1. The number of aromatic nitrogens is 1. The number of para-hydroxylation sites is 1. The second kappa shape index (κ2) is 11.3. The summed E-state index contributed by atoms with van der Waals surface area (Å²) < 4.78 is 2.11. The molecule has 2 heterocycles. The number of carbonyl (C=O) groups excluding carboxylic acids is 1. The number of aliphatic carboxylic acids is 2. The van der Waals surface area contributed by atoms with Gasteiger partial charge in [-0.3, -0.25) is 9.69 Å². The van der Waals surface area contributed by atoms with Gasteiger partial charge >= 0.3 is 11.9 Å². The Bertz CT molecular complexity index is 1080. The summed E-state index contributed by atoms with van der Waals surface area (Å²) in [7, 11) is 0. The smallest absolute Gasteiger partial charge is 0.414 e. The van der Waals surface area contributed by atoms with E-state index in [0.717, 1.165) is 24.2 Å². The number of aliphatic hydroxyl groups is 1. The molecule has 1 amide bonds. The maximum atomic E-state index is 12.5. The third-order valence-electron chi connectivity index (χ3n) is 5.42. The molecule has 9 nitrogen and oxygen atoms in total. The van der Waals surface area contributed by atoms with Crippen LogP contribution >= 0.6 is 0 Å². The summed E-state index contributed by atoms with van der Waals surface area (Å²) in [4.78, 5) is 34.9. The molecule has 9 heteroatoms. The number of aliphatic hydroxyl groups excluding tert-OH is 1. The number of β-amino-alcohol motifs (C(OH)–C–C–N with tert-alkyl or cyclic N) is 1. The highest BCUT2D eigenvalue weighted by Gasteiger charge is 2.23. The fraction of sp³-hybridized carbons (Fsp3) is 0.292. The molecule has 0 radical (unpaired) electrons. The van der Waals surface area contributed by atoms with Gasteiger partial charge < -0.3 is 24.8 Å². The van der Waals surface area contributed by atoms with Gasteiger partial charge in [0.1, 0.15) is 0 Å². The Morgan fingerprint density at radius 3 is 2.03 bits per heavy atom. The van der Waals surface area contributed by atoms with Crippen molar-refractivity contribution in [3.8, 4) is 0 Å². The second-order valence-corrected chi connectivity index (χ2v) is 7.75. The number of piperazine rings is 1. The zero-order chi connectivity index (χ0) is 23.8. The van der Waals surface area contributed by atoms with E-state index in [-0.39, 0.29) is 5.91 Å². The Morgan fingerprint density at radius 1 is 0.788 bits per heavy atom. The van der Waals surface area contributed by atoms with Crippen LogP contribution in [0.25, 0.3) is 10.9 Å². The van der Waals surface area contributed by atoms with Crippen molar-refractivity contribution in [2.45, 2.75) is 12.6 Å². The van der Waals surface area contributed by atoms with Crippen molar-refractivity contribution in [3.63, 3.8) is 0 Å². The van der Waals surface area contributed by atoms with E-state index in [4.69, 9.17) is 19.8 Å². The van der Waals surface area contributed by atoms with Gasteiger partial charge in [-0.25, -0.2) is 9.59 Å². The van der Waals surface area contributed by atoms with Crippen molar-refractivity contribution in [3.05, 3.63) is 72.4 Å². The SMILES string of the molecule is O=C(O)C(=O)O.O=C(c1ccccc1)N1CCN(CC(O)Cn2ccc3ccccc32)CC1. The minimum absolute atomic E-state index is 0.0922. The molecule has 2 aromatic carbocycles. The van der Waals surface area contributed by atoms with E-state index in [1.54, 1.807) is 0 Å². The topological polar surface area (TPSA) is 123 Å². The van der Waals surface area contributed by atoms with Crippen LogP contribution in [0.4, 0.5) is 0 Å². The minimum atomic E-state index is -1.82. The maximum absolute atomic E-state index is 12.5. The van der Waals surface area contributed by atoms with Crippen LogP contribution in [-0.2, 0) is 16.1 Å². The molecule has 1 saturated heterocycles. The molecule has 1 unspecified atom stereocenters. The molecule has 1 fully saturated rings. The van der Waals surface area contributed by atoms with Crippen LogP contribution in [0.15, 0.2) is 66.9 Å². The van der Waals surface area contributed by atoms with Crippen molar-refractivity contribution in [2.75, 3.05) is 32.7 Å². The van der Waals surface area contributed by atoms with Crippen LogP contribution in [0.3, 0.4) is 0 Å². The summed E-state index contributed by atoms with van der Waals surface area (Å²) in [6.45, 7) is 4.19. The van der Waals surface area contributed by atoms with E-state index < -0.39 is 18.0 Å². The highest BCUT2D eigenvalue weighted by atomic mass is 16.4. The van der Waals surface area contributed by atoms with Crippen molar-refractivity contribution >= 4 is 28.7 Å². The molecule has 1 aromatic heterocycles. The predicted molar refractivity (Wildman–Crippen MR) is 122 cm³/mol. The lowest BCUT2D eigenvalue weighted by molar-refractivity contribution is -0.159. The first-order chi connectivity index (χ1) is 15.8. The van der Waals surface area contributed by atoms with Crippen molar-refractivity contribution in [1.29, 1.82) is 0 Å². The molecule has 1 aliphatic heterocycles. The van der Waals surface area contributed by atoms with E-state index >= 15 is 0 Å². The van der Waals surface area contributed by atoms with Gasteiger partial charge in [-0.1, -0.05) is 36.4 Å². The minimum Gasteiger partial charge on any atom is -0.473 e. The number of carbonyl (C=O) groups is 3. The van der Waals surface area contributed by atoms with E-state index in [1.165, 1.54) is 5.39 Å². The molecule has 0 aliphatic carbocycles. The van der Waals surface area contributed by atoms with Gasteiger partial charge in [0, 0.05) is 56.5 Å². The van der Waals surface area contributed by atoms with Gasteiger partial charge in [0.2, 0.25) is 0 Å². The lowest BCUT2D eigenvalue weighted by Gasteiger charge is -2.35. The number of nitrogens with zero attached hydrogens (tertiary/aromatic N) is 3. The average molecular weight is 453 g/mol. The maximum Gasteiger partial charge on any atom is 0.414 e. The lowest BCUT2D eigenvalue weighted by Crippen LogP contribution is -2.50. The molecule has 33 heavy (non-hydrogen) atoms. The van der Waals surface area contributed by atoms with E-state index in [0.29, 0.717) is 26.2 Å². The highest BCUT2D eigenvalue weighted by molar-refractivity contribution is 6.27. The summed E-state index contributed by atoms with van der Waals surface area (Å²) in [5, 5.41) is 26.5. The fourth-order valence-corrected chi connectivity index (χ4v) is 3.78. The normalized spacial score (nSPS) is 14.9. The van der Waals surface area contributed by atoms with Gasteiger partial charge in [0.25, 0.3) is 5.91 Å². The molecule has 3 aromatic rings. The van der Waals surface area contributed by atoms with Crippen LogP contribution in [0.5, 0.6) is 0 Å². The molecular weight excluding hydrogens is 426 g/mol. The average Bonchev–Trinajstić information content (AvgIpc) is 3.22. The Morgan fingerprint density at radius 2 is 1.39 bits per heavy atom. The Balaban J connectivity index is 0.000000454. The van der Waals surface area contributed by atoms with Crippen molar-refractivity contribution in [1.82, 2.24) is 14.4 Å². The fourth-order valence-electron chi connectivity index (χ4n) is 3.78. The third kappa shape index (κ3) is 6.64. The Hall–Kier alpha value is -3.69. The van der Waals surface area contributed by atoms with Gasteiger partial charge in [-0.2, -0.15) is 0 Å². The number of fused-ring (bicyclic) bond motifs is 1. The Labute approximate surface area is 191 Å². The van der Waals surface area contributed by atoms with E-state index in [1.807, 2.05) is 53.6 Å². The summed E-state index contributed by atoms with van der Waals surface area (Å²) in [6, 6.07) is 19.7. The van der Waals surface area contributed by atoms with Gasteiger partial charge in [-0.15, -0.1) is 0 Å². The number of amides is 1. The molecule has 0 saturated carbocycles. The first-order valence-electron chi connectivity index (χ1n) is 10.6. The van der Waals surface area contributed by atoms with Crippen LogP contribution in [0, 0.1) is 0 Å². The van der Waals surface area contributed by atoms with Crippen molar-refractivity contribution < 1.29 is 29.7 Å². The molecule has 1 atom stereocenters. The molecular formula is C24H27N3O6. The standard InChI is InChI=1S/C22H25N3O2.C2H2O4/c26-20(17-25-11-10-18-6-4-5-9-21(18)25)16-23-12-14-24(15-13-23)22(27)19-7-2-1-3-8-19;3-1(4)2(5)6/h1-11,20,26H,12-17H2;(H,3,4)(H,5,6). The van der Waals surface area contributed by atoms with Crippen LogP contribution in [-0.4, -0.2) is 86.4 Å². The van der Waals surface area contributed by atoms with E-state index in [2.05, 4.69) is 27.7 Å². The number of benzene rings is 2. The second-order valence-electron chi connectivity index (χ2n) is 7.75. The largest absolute Gasteiger partial charge is 0.473 e.